The Bertz CT molecular complexity index is 1300. The van der Waals surface area contributed by atoms with Gasteiger partial charge in [-0.15, -0.1) is 0 Å². The minimum absolute atomic E-state index is 0.136. The Labute approximate surface area is 176 Å². The van der Waals surface area contributed by atoms with E-state index in [1.54, 1.807) is 16.8 Å². The van der Waals surface area contributed by atoms with Crippen LogP contribution in [0.4, 0.5) is 4.79 Å². The van der Waals surface area contributed by atoms with E-state index in [0.29, 0.717) is 11.4 Å². The Hall–Kier alpha value is -4.21. The molecule has 0 aliphatic rings. The molecule has 0 aliphatic carbocycles. The zero-order valence-corrected chi connectivity index (χ0v) is 17.0. The Morgan fingerprint density at radius 2 is 1.94 bits per heavy atom. The number of hydrogen-bond donors (Lipinski definition) is 2. The molecular weight excluding hydrogens is 400 g/mol. The normalized spacial score (nSPS) is 10.9. The molecule has 3 heterocycles. The summed E-state index contributed by atoms with van der Waals surface area (Å²) in [5.74, 6) is -0.101. The van der Waals surface area contributed by atoms with Crippen molar-refractivity contribution in [3.63, 3.8) is 0 Å². The number of aromatic nitrogens is 4. The number of hydrogen-bond acceptors (Lipinski definition) is 6. The summed E-state index contributed by atoms with van der Waals surface area (Å²) in [4.78, 5) is 41.1. The van der Waals surface area contributed by atoms with Crippen LogP contribution in [0.3, 0.4) is 0 Å². The fourth-order valence-electron chi connectivity index (χ4n) is 3.27. The highest BCUT2D eigenvalue weighted by molar-refractivity contribution is 5.94. The summed E-state index contributed by atoms with van der Waals surface area (Å²) in [5.41, 5.74) is 2.89. The molecule has 0 atom stereocenters. The van der Waals surface area contributed by atoms with Gasteiger partial charge in [0.15, 0.2) is 5.65 Å². The monoisotopic (exact) mass is 420 g/mol. The number of urea groups is 1. The van der Waals surface area contributed by atoms with Crippen LogP contribution in [0.15, 0.2) is 58.3 Å². The molecule has 10 nitrogen and oxygen atoms in total. The van der Waals surface area contributed by atoms with E-state index in [9.17, 15) is 14.4 Å². The predicted molar refractivity (Wildman–Crippen MR) is 112 cm³/mol. The van der Waals surface area contributed by atoms with Crippen molar-refractivity contribution >= 4 is 23.0 Å². The zero-order chi connectivity index (χ0) is 22.0. The van der Waals surface area contributed by atoms with Crippen LogP contribution in [0.1, 0.15) is 16.9 Å². The molecule has 0 unspecified atom stereocenters. The van der Waals surface area contributed by atoms with E-state index in [1.165, 1.54) is 18.8 Å². The van der Waals surface area contributed by atoms with E-state index in [0.717, 1.165) is 21.4 Å². The fraction of sp³-hybridized carbons (Fsp3) is 0.190. The van der Waals surface area contributed by atoms with Gasteiger partial charge in [-0.2, -0.15) is 5.10 Å². The van der Waals surface area contributed by atoms with Crippen LogP contribution >= 0.6 is 0 Å². The van der Waals surface area contributed by atoms with Gasteiger partial charge in [-0.25, -0.2) is 14.5 Å². The second-order valence-corrected chi connectivity index (χ2v) is 7.13. The van der Waals surface area contributed by atoms with Gasteiger partial charge in [-0.3, -0.25) is 19.5 Å². The molecule has 0 radical (unpaired) electrons. The van der Waals surface area contributed by atoms with Crippen molar-refractivity contribution in [2.24, 2.45) is 0 Å². The number of carbonyl (C=O) groups excluding carboxylic acids is 2. The summed E-state index contributed by atoms with van der Waals surface area (Å²) in [6.45, 7) is 3.74. The van der Waals surface area contributed by atoms with Gasteiger partial charge in [0.2, 0.25) is 5.91 Å². The maximum Gasteiger partial charge on any atom is 0.321 e. The van der Waals surface area contributed by atoms with E-state index in [2.05, 4.69) is 20.7 Å². The SMILES string of the molecule is Cc1cc(C)cc(-n2ncc3c(=O)n(CC(=O)NC(=O)NCc4ccco4)cnc32)c1. The number of amides is 3. The summed E-state index contributed by atoms with van der Waals surface area (Å²) in [6.07, 6.45) is 4.18. The van der Waals surface area contributed by atoms with E-state index >= 15 is 0 Å². The number of benzene rings is 1. The van der Waals surface area contributed by atoms with Gasteiger partial charge < -0.3 is 9.73 Å². The van der Waals surface area contributed by atoms with E-state index in [4.69, 9.17) is 4.42 Å². The summed E-state index contributed by atoms with van der Waals surface area (Å²) in [7, 11) is 0. The van der Waals surface area contributed by atoms with E-state index < -0.39 is 17.5 Å². The number of imide groups is 1. The molecule has 31 heavy (non-hydrogen) atoms. The summed E-state index contributed by atoms with van der Waals surface area (Å²) >= 11 is 0. The van der Waals surface area contributed by atoms with Gasteiger partial charge in [0, 0.05) is 0 Å². The zero-order valence-electron chi connectivity index (χ0n) is 17.0. The first-order valence-electron chi connectivity index (χ1n) is 9.52. The second-order valence-electron chi connectivity index (χ2n) is 7.13. The standard InChI is InChI=1S/C21H20N6O4/c1-13-6-14(2)8-15(7-13)27-19-17(10-24-27)20(29)26(12-23-19)11-18(28)25-21(30)22-9-16-4-3-5-31-16/h3-8,10,12H,9,11H2,1-2H3,(H2,22,25,28,30). The third kappa shape index (κ3) is 4.37. The predicted octanol–water partition coefficient (Wildman–Crippen LogP) is 1.82. The minimum atomic E-state index is -0.689. The largest absolute Gasteiger partial charge is 0.467 e. The average Bonchev–Trinajstić information content (AvgIpc) is 3.37. The van der Waals surface area contributed by atoms with Crippen molar-refractivity contribution in [1.82, 2.24) is 30.0 Å². The van der Waals surface area contributed by atoms with Crippen molar-refractivity contribution in [3.8, 4) is 5.69 Å². The van der Waals surface area contributed by atoms with Gasteiger partial charge in [-0.1, -0.05) is 6.07 Å². The second kappa shape index (κ2) is 8.27. The first kappa shape index (κ1) is 20.1. The number of furan rings is 1. The molecule has 3 amide bonds. The van der Waals surface area contributed by atoms with E-state index in [1.807, 2.05) is 32.0 Å². The number of rotatable bonds is 5. The Morgan fingerprint density at radius 3 is 2.65 bits per heavy atom. The summed E-state index contributed by atoms with van der Waals surface area (Å²) in [5, 5.41) is 9.23. The van der Waals surface area contributed by atoms with Crippen molar-refractivity contribution < 1.29 is 14.0 Å². The molecule has 0 saturated heterocycles. The molecule has 0 bridgehead atoms. The molecule has 3 aromatic heterocycles. The number of aryl methyl sites for hydroxylation is 2. The van der Waals surface area contributed by atoms with Gasteiger partial charge in [0.05, 0.1) is 24.7 Å². The molecule has 0 fully saturated rings. The Kier molecular flexibility index (Phi) is 5.35. The van der Waals surface area contributed by atoms with Gasteiger partial charge in [0.1, 0.15) is 24.0 Å². The van der Waals surface area contributed by atoms with Gasteiger partial charge >= 0.3 is 6.03 Å². The van der Waals surface area contributed by atoms with Crippen LogP contribution in [-0.4, -0.2) is 31.3 Å². The molecule has 10 heteroatoms. The van der Waals surface area contributed by atoms with Crippen LogP contribution in [0, 0.1) is 13.8 Å². The molecule has 158 valence electrons. The van der Waals surface area contributed by atoms with Gasteiger partial charge in [-0.05, 0) is 49.2 Å². The minimum Gasteiger partial charge on any atom is -0.467 e. The first-order valence-corrected chi connectivity index (χ1v) is 9.52. The fourth-order valence-corrected chi connectivity index (χ4v) is 3.27. The third-order valence-corrected chi connectivity index (χ3v) is 4.58. The van der Waals surface area contributed by atoms with Crippen LogP contribution in [0.5, 0.6) is 0 Å². The molecule has 0 spiro atoms. The maximum absolute atomic E-state index is 12.8. The lowest BCUT2D eigenvalue weighted by Gasteiger charge is -2.08. The van der Waals surface area contributed by atoms with Crippen molar-refractivity contribution in [3.05, 3.63) is 76.4 Å². The lowest BCUT2D eigenvalue weighted by molar-refractivity contribution is -0.120. The summed E-state index contributed by atoms with van der Waals surface area (Å²) < 4.78 is 7.82. The average molecular weight is 420 g/mol. The maximum atomic E-state index is 12.8. The molecule has 0 saturated carbocycles. The number of carbonyl (C=O) groups is 2. The quantitative estimate of drug-likeness (QED) is 0.508. The van der Waals surface area contributed by atoms with E-state index in [-0.39, 0.29) is 18.5 Å². The number of fused-ring (bicyclic) bond motifs is 1. The highest BCUT2D eigenvalue weighted by atomic mass is 16.3. The van der Waals surface area contributed by atoms with Crippen molar-refractivity contribution in [2.75, 3.05) is 0 Å². The number of nitrogens with zero attached hydrogens (tertiary/aromatic N) is 4. The molecular formula is C21H20N6O4. The smallest absolute Gasteiger partial charge is 0.321 e. The van der Waals surface area contributed by atoms with Crippen molar-refractivity contribution in [2.45, 2.75) is 26.9 Å². The van der Waals surface area contributed by atoms with Crippen LogP contribution in [-0.2, 0) is 17.9 Å². The molecule has 2 N–H and O–H groups in total. The lowest BCUT2D eigenvalue weighted by atomic mass is 10.1. The topological polar surface area (TPSA) is 124 Å². The van der Waals surface area contributed by atoms with Gasteiger partial charge in [0.25, 0.3) is 5.56 Å². The lowest BCUT2D eigenvalue weighted by Crippen LogP contribution is -2.41. The molecule has 4 aromatic rings. The van der Waals surface area contributed by atoms with Crippen LogP contribution < -0.4 is 16.2 Å². The first-order chi connectivity index (χ1) is 14.9. The molecule has 4 rings (SSSR count). The highest BCUT2D eigenvalue weighted by Gasteiger charge is 2.15. The molecule has 1 aromatic carbocycles. The summed E-state index contributed by atoms with van der Waals surface area (Å²) in [6, 6.07) is 8.63. The third-order valence-electron chi connectivity index (χ3n) is 4.58. The highest BCUT2D eigenvalue weighted by Crippen LogP contribution is 2.17. The Balaban J connectivity index is 1.49. The molecule has 0 aliphatic heterocycles. The number of nitrogens with one attached hydrogen (secondary N) is 2. The van der Waals surface area contributed by atoms with Crippen LogP contribution in [0.25, 0.3) is 16.7 Å². The Morgan fingerprint density at radius 1 is 1.16 bits per heavy atom. The van der Waals surface area contributed by atoms with Crippen molar-refractivity contribution in [1.29, 1.82) is 0 Å². The van der Waals surface area contributed by atoms with Crippen LogP contribution in [0.2, 0.25) is 0 Å².